The van der Waals surface area contributed by atoms with Crippen LogP contribution in [0.2, 0.25) is 0 Å². The highest BCUT2D eigenvalue weighted by Crippen LogP contribution is 2.32. The van der Waals surface area contributed by atoms with Gasteiger partial charge in [-0.05, 0) is 50.9 Å². The topological polar surface area (TPSA) is 61.9 Å². The van der Waals surface area contributed by atoms with Gasteiger partial charge in [-0.1, -0.05) is 0 Å². The first-order valence-electron chi connectivity index (χ1n) is 7.91. The van der Waals surface area contributed by atoms with E-state index in [0.717, 1.165) is 48.6 Å². The second kappa shape index (κ2) is 7.05. The fraction of sp³-hybridized carbons (Fsp3) is 0.562. The van der Waals surface area contributed by atoms with Gasteiger partial charge in [-0.15, -0.1) is 0 Å². The summed E-state index contributed by atoms with van der Waals surface area (Å²) >= 11 is 3.05. The monoisotopic (exact) mass is 350 g/mol. The number of imidazole rings is 1. The molecule has 0 spiro atoms. The van der Waals surface area contributed by atoms with Crippen molar-refractivity contribution in [2.45, 2.75) is 44.4 Å². The Morgan fingerprint density at radius 3 is 3.04 bits per heavy atom. The molecule has 7 heteroatoms. The molecule has 1 N–H and O–H groups in total. The maximum atomic E-state index is 12.7. The van der Waals surface area contributed by atoms with Gasteiger partial charge in [-0.25, -0.2) is 4.98 Å². The van der Waals surface area contributed by atoms with E-state index < -0.39 is 0 Å². The summed E-state index contributed by atoms with van der Waals surface area (Å²) < 4.78 is 4.32. The molecule has 1 fully saturated rings. The average molecular weight is 351 g/mol. The normalized spacial score (nSPS) is 19.8. The molecule has 1 aliphatic rings. The van der Waals surface area contributed by atoms with Crippen molar-refractivity contribution in [2.75, 3.05) is 12.8 Å². The third-order valence-corrected chi connectivity index (χ3v) is 6.07. The van der Waals surface area contributed by atoms with E-state index in [4.69, 9.17) is 0 Å². The molecule has 5 nitrogen and oxygen atoms in total. The minimum atomic E-state index is -0.00616. The van der Waals surface area contributed by atoms with Crippen LogP contribution in [0.15, 0.2) is 11.6 Å². The van der Waals surface area contributed by atoms with Crippen molar-refractivity contribution in [1.82, 2.24) is 19.2 Å². The summed E-state index contributed by atoms with van der Waals surface area (Å²) in [4.78, 5) is 22.7. The van der Waals surface area contributed by atoms with E-state index in [1.807, 2.05) is 36.6 Å². The zero-order valence-electron chi connectivity index (χ0n) is 13.7. The molecule has 23 heavy (non-hydrogen) atoms. The predicted octanol–water partition coefficient (Wildman–Crippen LogP) is 3.65. The molecule has 2 aromatic rings. The quantitative estimate of drug-likeness (QED) is 0.914. The smallest absolute Gasteiger partial charge is 0.236 e. The van der Waals surface area contributed by atoms with Crippen molar-refractivity contribution < 1.29 is 4.79 Å². The van der Waals surface area contributed by atoms with Gasteiger partial charge in [0.1, 0.15) is 5.82 Å². The minimum Gasteiger partial charge on any atom is -0.340 e. The Morgan fingerprint density at radius 1 is 1.52 bits per heavy atom. The molecular formula is C16H22N4OS2. The Morgan fingerprint density at radius 2 is 2.35 bits per heavy atom. The lowest BCUT2D eigenvalue weighted by molar-refractivity contribution is -0.134. The number of amides is 1. The highest BCUT2D eigenvalue weighted by Gasteiger charge is 2.32. The summed E-state index contributed by atoms with van der Waals surface area (Å²) in [5.41, 5.74) is 3.10. The zero-order valence-corrected chi connectivity index (χ0v) is 15.3. The molecule has 0 radical (unpaired) electrons. The van der Waals surface area contributed by atoms with Crippen LogP contribution in [-0.4, -0.2) is 43.2 Å². The van der Waals surface area contributed by atoms with Gasteiger partial charge in [0.15, 0.2) is 0 Å². The van der Waals surface area contributed by atoms with Crippen molar-refractivity contribution in [3.8, 4) is 11.3 Å². The molecule has 1 amide bonds. The van der Waals surface area contributed by atoms with Gasteiger partial charge in [0, 0.05) is 17.5 Å². The van der Waals surface area contributed by atoms with Gasteiger partial charge in [-0.3, -0.25) is 4.79 Å². The fourth-order valence-electron chi connectivity index (χ4n) is 3.01. The number of thioether (sulfide) groups is 1. The second-order valence-corrected chi connectivity index (χ2v) is 7.72. The number of aromatic amines is 1. The Kier molecular flexibility index (Phi) is 5.06. The van der Waals surface area contributed by atoms with Crippen LogP contribution < -0.4 is 0 Å². The van der Waals surface area contributed by atoms with Gasteiger partial charge in [0.05, 0.1) is 28.9 Å². The maximum absolute atomic E-state index is 12.7. The number of rotatable bonds is 4. The molecular weight excluding hydrogens is 328 g/mol. The highest BCUT2D eigenvalue weighted by molar-refractivity contribution is 7.99. The summed E-state index contributed by atoms with van der Waals surface area (Å²) in [6, 6.07) is 0.0616. The van der Waals surface area contributed by atoms with E-state index in [-0.39, 0.29) is 17.2 Å². The highest BCUT2D eigenvalue weighted by atomic mass is 32.2. The maximum Gasteiger partial charge on any atom is 0.236 e. The Bertz CT molecular complexity index is 681. The summed E-state index contributed by atoms with van der Waals surface area (Å²) in [7, 11) is 0. The van der Waals surface area contributed by atoms with E-state index in [2.05, 4.69) is 14.3 Å². The molecule has 0 saturated carbocycles. The number of hydrogen-bond acceptors (Lipinski definition) is 5. The van der Waals surface area contributed by atoms with E-state index in [9.17, 15) is 4.79 Å². The molecule has 1 aliphatic heterocycles. The van der Waals surface area contributed by atoms with Crippen LogP contribution in [-0.2, 0) is 4.79 Å². The van der Waals surface area contributed by atoms with Gasteiger partial charge >= 0.3 is 0 Å². The van der Waals surface area contributed by atoms with Gasteiger partial charge in [-0.2, -0.15) is 16.1 Å². The van der Waals surface area contributed by atoms with Crippen LogP contribution in [0, 0.1) is 6.92 Å². The molecule has 2 aromatic heterocycles. The van der Waals surface area contributed by atoms with E-state index in [1.54, 1.807) is 11.8 Å². The van der Waals surface area contributed by atoms with E-state index in [1.165, 1.54) is 11.5 Å². The molecule has 0 bridgehead atoms. The number of carbonyl (C=O) groups is 1. The first-order valence-corrected chi connectivity index (χ1v) is 10.0. The number of carbonyl (C=O) groups excluding carboxylic acids is 1. The lowest BCUT2D eigenvalue weighted by atomic mass is 10.0. The third kappa shape index (κ3) is 3.30. The lowest BCUT2D eigenvalue weighted by Gasteiger charge is -2.36. The molecule has 124 valence electrons. The molecule has 3 rings (SSSR count). The van der Waals surface area contributed by atoms with Gasteiger partial charge < -0.3 is 9.88 Å². The first-order chi connectivity index (χ1) is 11.1. The van der Waals surface area contributed by atoms with Crippen molar-refractivity contribution in [3.05, 3.63) is 23.1 Å². The van der Waals surface area contributed by atoms with Crippen LogP contribution in [0.25, 0.3) is 11.3 Å². The third-order valence-electron chi connectivity index (χ3n) is 4.44. The number of likely N-dealkylation sites (tertiary alicyclic amines) is 1. The second-order valence-electron chi connectivity index (χ2n) is 5.92. The summed E-state index contributed by atoms with van der Waals surface area (Å²) in [5, 5.41) is 2.03. The van der Waals surface area contributed by atoms with Crippen molar-refractivity contribution in [3.63, 3.8) is 0 Å². The zero-order chi connectivity index (χ0) is 16.4. The molecule has 3 heterocycles. The van der Waals surface area contributed by atoms with Crippen molar-refractivity contribution in [2.24, 2.45) is 0 Å². The number of aromatic nitrogens is 3. The SMILES string of the molecule is CSC(C)C(=O)N1CCCCC1c1ncc(-c2csnc2C)[nH]1. The van der Waals surface area contributed by atoms with Crippen molar-refractivity contribution >= 4 is 29.2 Å². The fourth-order valence-corrected chi connectivity index (χ4v) is 4.06. The Labute approximate surface area is 145 Å². The number of nitrogens with zero attached hydrogens (tertiary/aromatic N) is 3. The molecule has 0 aliphatic carbocycles. The average Bonchev–Trinajstić information content (AvgIpc) is 3.22. The van der Waals surface area contributed by atoms with Crippen LogP contribution in [0.5, 0.6) is 0 Å². The molecule has 2 atom stereocenters. The number of hydrogen-bond donors (Lipinski definition) is 1. The molecule has 1 saturated heterocycles. The Balaban J connectivity index is 1.85. The van der Waals surface area contributed by atoms with Gasteiger partial charge in [0.2, 0.25) is 5.91 Å². The summed E-state index contributed by atoms with van der Waals surface area (Å²) in [6.45, 7) is 4.80. The number of nitrogens with one attached hydrogen (secondary N) is 1. The number of aryl methyl sites for hydroxylation is 1. The largest absolute Gasteiger partial charge is 0.340 e. The lowest BCUT2D eigenvalue weighted by Crippen LogP contribution is -2.42. The molecule has 0 aromatic carbocycles. The van der Waals surface area contributed by atoms with E-state index >= 15 is 0 Å². The van der Waals surface area contributed by atoms with Gasteiger partial charge in [0.25, 0.3) is 0 Å². The molecule has 2 unspecified atom stereocenters. The number of piperidine rings is 1. The number of H-pyrrole nitrogens is 1. The Hall–Kier alpha value is -1.34. The van der Waals surface area contributed by atoms with Crippen molar-refractivity contribution in [1.29, 1.82) is 0 Å². The van der Waals surface area contributed by atoms with Crippen LogP contribution >= 0.6 is 23.3 Å². The predicted molar refractivity (Wildman–Crippen MR) is 95.7 cm³/mol. The van der Waals surface area contributed by atoms with Crippen LogP contribution in [0.4, 0.5) is 0 Å². The summed E-state index contributed by atoms with van der Waals surface area (Å²) in [5.74, 6) is 1.11. The van der Waals surface area contributed by atoms with Crippen LogP contribution in [0.1, 0.15) is 43.7 Å². The minimum absolute atomic E-state index is 0.00616. The summed E-state index contributed by atoms with van der Waals surface area (Å²) in [6.07, 6.45) is 7.03. The van der Waals surface area contributed by atoms with E-state index in [0.29, 0.717) is 0 Å². The standard InChI is InChI=1S/C16H22N4OS2/c1-10-12(9-23-19-10)13-8-17-15(18-13)14-6-4-5-7-20(14)16(21)11(2)22-3/h8-9,11,14H,4-7H2,1-3H3,(H,17,18). The van der Waals surface area contributed by atoms with Crippen LogP contribution in [0.3, 0.4) is 0 Å². The first kappa shape index (κ1) is 16.5.